The van der Waals surface area contributed by atoms with Gasteiger partial charge in [0.15, 0.2) is 5.78 Å². The highest BCUT2D eigenvalue weighted by Gasteiger charge is 2.29. The van der Waals surface area contributed by atoms with Crippen LogP contribution in [0.2, 0.25) is 0 Å². The zero-order chi connectivity index (χ0) is 58.3. The van der Waals surface area contributed by atoms with E-state index in [1.165, 1.54) is 0 Å². The quantitative estimate of drug-likeness (QED) is 0.0315. The van der Waals surface area contributed by atoms with Crippen molar-refractivity contribution in [2.75, 3.05) is 164 Å². The monoisotopic (exact) mass is 1140 g/mol. The van der Waals surface area contributed by atoms with Crippen LogP contribution in [0.5, 0.6) is 0 Å². The molecule has 26 nitrogen and oxygen atoms in total. The summed E-state index contributed by atoms with van der Waals surface area (Å²) in [5.41, 5.74) is 8.98. The predicted octanol–water partition coefficient (Wildman–Crippen LogP) is 2.65. The number of primary amides is 1. The van der Waals surface area contributed by atoms with E-state index in [4.69, 9.17) is 67.8 Å². The van der Waals surface area contributed by atoms with Crippen molar-refractivity contribution in [2.45, 2.75) is 92.3 Å². The standard InChI is InChI=1S/C54H94N8O18/c1-43(2)51(59-49(64)40-57-68)48(63)39-45(7-6-15-56-53(55)67)52(66)58-46-10-8-44(9-11-46)42-80-50(65)13-12-47-41-62(61-60-47)16-18-70-20-22-72-24-26-74-28-30-76-32-34-78-36-38-79-37-35-77-33-31-75-29-27-73-25-23-71-21-19-69-17-14-54(3,4)5/h8-11,41,43,45,51,57,68H,6-7,12-40,42H2,1-5H3,(H,58,66)(H,59,64)(H3,55,56,67)/t45-,51+/m1/s1. The number of Topliss-reactive ketones (excluding diaryl/α,β-unsaturated/α-hetero) is 1. The number of aromatic nitrogens is 3. The molecule has 80 heavy (non-hydrogen) atoms. The number of aryl methyl sites for hydroxylation is 1. The highest BCUT2D eigenvalue weighted by atomic mass is 16.6. The van der Waals surface area contributed by atoms with Gasteiger partial charge in [-0.1, -0.05) is 52.0 Å². The third kappa shape index (κ3) is 40.4. The number of hydrogen-bond acceptors (Lipinski definition) is 21. The molecule has 2 rings (SSSR count). The molecule has 1 aromatic heterocycles. The molecule has 0 aliphatic rings. The Balaban J connectivity index is 1.41. The number of nitrogens with zero attached hydrogens (tertiary/aromatic N) is 3. The Morgan fingerprint density at radius 2 is 1.12 bits per heavy atom. The van der Waals surface area contributed by atoms with Crippen LogP contribution in [0.3, 0.4) is 0 Å². The molecule has 26 heteroatoms. The number of esters is 1. The number of ether oxygens (including phenoxy) is 12. The van der Waals surface area contributed by atoms with E-state index in [1.807, 2.05) is 0 Å². The number of urea groups is 1. The minimum absolute atomic E-state index is 0.0128. The van der Waals surface area contributed by atoms with Crippen LogP contribution in [0.1, 0.15) is 78.0 Å². The van der Waals surface area contributed by atoms with Gasteiger partial charge in [0.05, 0.1) is 170 Å². The normalized spacial score (nSPS) is 12.4. The van der Waals surface area contributed by atoms with Gasteiger partial charge in [-0.05, 0) is 48.3 Å². The summed E-state index contributed by atoms with van der Waals surface area (Å²) in [4.78, 5) is 62.5. The van der Waals surface area contributed by atoms with Crippen molar-refractivity contribution in [3.8, 4) is 0 Å². The average molecular weight is 1140 g/mol. The molecule has 0 saturated carbocycles. The van der Waals surface area contributed by atoms with Gasteiger partial charge in [-0.3, -0.25) is 19.2 Å². The zero-order valence-corrected chi connectivity index (χ0v) is 48.1. The van der Waals surface area contributed by atoms with Gasteiger partial charge in [0, 0.05) is 43.8 Å². The second-order valence-corrected chi connectivity index (χ2v) is 19.8. The molecule has 2 atom stereocenters. The highest BCUT2D eigenvalue weighted by Crippen LogP contribution is 2.20. The Morgan fingerprint density at radius 1 is 0.662 bits per heavy atom. The topological polar surface area (TPSA) is 321 Å². The molecule has 0 fully saturated rings. The third-order valence-electron chi connectivity index (χ3n) is 11.4. The minimum atomic E-state index is -0.880. The minimum Gasteiger partial charge on any atom is -0.461 e. The number of carbonyl (C=O) groups excluding carboxylic acids is 5. The van der Waals surface area contributed by atoms with Crippen LogP contribution in [0.25, 0.3) is 0 Å². The molecule has 1 aromatic carbocycles. The van der Waals surface area contributed by atoms with Crippen molar-refractivity contribution < 1.29 is 86.0 Å². The highest BCUT2D eigenvalue weighted by molar-refractivity contribution is 5.97. The van der Waals surface area contributed by atoms with Crippen LogP contribution in [0, 0.1) is 17.3 Å². The summed E-state index contributed by atoms with van der Waals surface area (Å²) >= 11 is 0. The van der Waals surface area contributed by atoms with E-state index in [0.717, 1.165) is 13.0 Å². The summed E-state index contributed by atoms with van der Waals surface area (Å²) in [5, 5.41) is 25.0. The van der Waals surface area contributed by atoms with Crippen molar-refractivity contribution in [2.24, 2.45) is 23.0 Å². The molecule has 7 N–H and O–H groups in total. The summed E-state index contributed by atoms with van der Waals surface area (Å²) in [5.74, 6) is -2.84. The maximum absolute atomic E-state index is 13.4. The first-order valence-electron chi connectivity index (χ1n) is 27.7. The van der Waals surface area contributed by atoms with Crippen LogP contribution >= 0.6 is 0 Å². The number of hydroxylamine groups is 1. The van der Waals surface area contributed by atoms with Crippen LogP contribution in [-0.2, 0) is 95.6 Å². The second-order valence-electron chi connectivity index (χ2n) is 19.8. The molecule has 0 bridgehead atoms. The first-order valence-corrected chi connectivity index (χ1v) is 27.7. The van der Waals surface area contributed by atoms with E-state index >= 15 is 0 Å². The number of ketones is 1. The van der Waals surface area contributed by atoms with Gasteiger partial charge in [0.1, 0.15) is 6.61 Å². The van der Waals surface area contributed by atoms with Gasteiger partial charge in [-0.2, -0.15) is 5.48 Å². The number of carbonyl (C=O) groups is 5. The van der Waals surface area contributed by atoms with Gasteiger partial charge in [0.25, 0.3) is 0 Å². The predicted molar refractivity (Wildman–Crippen MR) is 293 cm³/mol. The zero-order valence-electron chi connectivity index (χ0n) is 48.1. The number of nitrogens with one attached hydrogen (secondary N) is 4. The molecule has 0 saturated heterocycles. The molecule has 4 amide bonds. The maximum Gasteiger partial charge on any atom is 0.312 e. The van der Waals surface area contributed by atoms with Crippen LogP contribution in [0.4, 0.5) is 10.5 Å². The fourth-order valence-electron chi connectivity index (χ4n) is 6.97. The summed E-state index contributed by atoms with van der Waals surface area (Å²) in [6.45, 7) is 21.2. The number of benzene rings is 1. The maximum atomic E-state index is 13.4. The molecule has 0 radical (unpaired) electrons. The Morgan fingerprint density at radius 3 is 1.56 bits per heavy atom. The smallest absolute Gasteiger partial charge is 0.312 e. The van der Waals surface area contributed by atoms with E-state index in [2.05, 4.69) is 47.0 Å². The van der Waals surface area contributed by atoms with Crippen LogP contribution in [-0.4, -0.2) is 214 Å². The van der Waals surface area contributed by atoms with E-state index < -0.39 is 42.3 Å². The van der Waals surface area contributed by atoms with E-state index in [-0.39, 0.29) is 49.5 Å². The second kappa shape index (κ2) is 46.8. The van der Waals surface area contributed by atoms with E-state index in [0.29, 0.717) is 175 Å². The SMILES string of the molecule is CC(C)[C@H](NC(=O)CNO)C(=O)C[C@@H](CCCNC(N)=O)C(=O)Nc1ccc(COC(=O)CCc2cn(CCOCCOCCOCCOCCOCCOCCOCCOCCOCCOCCOCCC(C)(C)C)nn2)cc1. The summed E-state index contributed by atoms with van der Waals surface area (Å²) < 4.78 is 68.0. The lowest BCUT2D eigenvalue weighted by Crippen LogP contribution is -2.48. The third-order valence-corrected chi connectivity index (χ3v) is 11.4. The Bertz CT molecular complexity index is 1910. The molecule has 1 heterocycles. The van der Waals surface area contributed by atoms with Gasteiger partial charge in [-0.25, -0.2) is 9.48 Å². The van der Waals surface area contributed by atoms with Crippen LogP contribution in [0.15, 0.2) is 30.5 Å². The first-order chi connectivity index (χ1) is 38.7. The number of rotatable bonds is 53. The summed E-state index contributed by atoms with van der Waals surface area (Å²) in [7, 11) is 0. The van der Waals surface area contributed by atoms with Crippen molar-refractivity contribution in [3.63, 3.8) is 0 Å². The molecule has 0 aliphatic carbocycles. The number of nitrogens with two attached hydrogens (primary N) is 1. The molecular formula is C54H94N8O18. The molecule has 0 aliphatic heterocycles. The van der Waals surface area contributed by atoms with E-state index in [1.54, 1.807) is 54.5 Å². The molecule has 458 valence electrons. The molecule has 0 spiro atoms. The van der Waals surface area contributed by atoms with Crippen molar-refractivity contribution in [3.05, 3.63) is 41.7 Å². The first kappa shape index (κ1) is 71.3. The number of amides is 4. The lowest BCUT2D eigenvalue weighted by molar-refractivity contribution is -0.145. The molecule has 2 aromatic rings. The van der Waals surface area contributed by atoms with Crippen molar-refractivity contribution in [1.29, 1.82) is 0 Å². The van der Waals surface area contributed by atoms with Crippen LogP contribution < -0.4 is 27.2 Å². The van der Waals surface area contributed by atoms with Gasteiger partial charge in [-0.15, -0.1) is 5.10 Å². The Hall–Kier alpha value is -4.81. The molecular weight excluding hydrogens is 1050 g/mol. The molecule has 0 unspecified atom stereocenters. The van der Waals surface area contributed by atoms with Gasteiger partial charge < -0.3 is 83.7 Å². The van der Waals surface area contributed by atoms with Gasteiger partial charge in [0.2, 0.25) is 11.8 Å². The fraction of sp³-hybridized carbons (Fsp3) is 0.759. The van der Waals surface area contributed by atoms with Crippen molar-refractivity contribution in [1.82, 2.24) is 31.1 Å². The Labute approximate surface area is 472 Å². The number of anilines is 1. The van der Waals surface area contributed by atoms with Gasteiger partial charge >= 0.3 is 12.0 Å². The summed E-state index contributed by atoms with van der Waals surface area (Å²) in [6.07, 6.45) is 3.67. The van der Waals surface area contributed by atoms with Crippen molar-refractivity contribution >= 4 is 35.3 Å². The summed E-state index contributed by atoms with van der Waals surface area (Å²) in [6, 6.07) is 5.13. The van der Waals surface area contributed by atoms with E-state index in [9.17, 15) is 24.0 Å². The number of hydrogen-bond donors (Lipinski definition) is 6. The average Bonchev–Trinajstić information content (AvgIpc) is 3.89. The Kier molecular flexibility index (Phi) is 41.7. The fourth-order valence-corrected chi connectivity index (χ4v) is 6.97. The lowest BCUT2D eigenvalue weighted by atomic mass is 9.89. The lowest BCUT2D eigenvalue weighted by Gasteiger charge is -2.24. The largest absolute Gasteiger partial charge is 0.461 e.